The van der Waals surface area contributed by atoms with Crippen molar-refractivity contribution in [3.63, 3.8) is 0 Å². The number of carboxylic acid groups (broad SMARTS) is 3. The SMILES string of the molecule is O=C(O)C1CCCC1.O=C(O)C1CCCC1.O=C(O)C1CCCC1.O=C(OCc1cc(-c2ccccc2)no1)C1CCCC1.OCc1cc(-c2ccccc2)no1.[Fe].[Fe]. The molecule has 2 aromatic carbocycles. The van der Waals surface area contributed by atoms with Crippen molar-refractivity contribution < 1.29 is 87.5 Å². The molecule has 0 amide bonds. The quantitative estimate of drug-likeness (QED) is 0.0913. The van der Waals surface area contributed by atoms with Crippen molar-refractivity contribution in [3.05, 3.63) is 84.3 Å². The van der Waals surface area contributed by atoms with Crippen LogP contribution in [0.3, 0.4) is 0 Å². The van der Waals surface area contributed by atoms with Gasteiger partial charge in [-0.3, -0.25) is 19.2 Å². The molecule has 0 saturated heterocycles. The predicted octanol–water partition coefficient (Wildman–Crippen LogP) is 9.19. The van der Waals surface area contributed by atoms with E-state index >= 15 is 0 Å². The smallest absolute Gasteiger partial charge is 0.309 e. The van der Waals surface area contributed by atoms with Crippen LogP contribution in [0.5, 0.6) is 0 Å². The van der Waals surface area contributed by atoms with Crippen LogP contribution in [0.1, 0.15) is 114 Å². The first kappa shape index (κ1) is 50.9. The van der Waals surface area contributed by atoms with E-state index in [1.54, 1.807) is 6.07 Å². The summed E-state index contributed by atoms with van der Waals surface area (Å²) in [7, 11) is 0. The Kier molecular flexibility index (Phi) is 24.4. The fourth-order valence-corrected chi connectivity index (χ4v) is 7.20. The molecular formula is C44H56Fe2N2O11. The largest absolute Gasteiger partial charge is 0.481 e. The Morgan fingerprint density at radius 2 is 0.847 bits per heavy atom. The van der Waals surface area contributed by atoms with Crippen molar-refractivity contribution in [2.45, 2.75) is 116 Å². The monoisotopic (exact) mass is 900 g/mol. The van der Waals surface area contributed by atoms with Gasteiger partial charge in [-0.05, 0) is 51.4 Å². The number of nitrogens with zero attached hydrogens (tertiary/aromatic N) is 2. The summed E-state index contributed by atoms with van der Waals surface area (Å²) in [6.45, 7) is 0.0506. The molecule has 0 aliphatic heterocycles. The number of benzene rings is 2. The topological polar surface area (TPSA) is 210 Å². The number of carbonyl (C=O) groups excluding carboxylic acids is 1. The van der Waals surface area contributed by atoms with Crippen LogP contribution in [-0.4, -0.2) is 54.6 Å². The van der Waals surface area contributed by atoms with E-state index < -0.39 is 17.9 Å². The molecule has 4 aliphatic rings. The Balaban J connectivity index is 0.000000268. The Morgan fingerprint density at radius 3 is 1.15 bits per heavy atom. The van der Waals surface area contributed by atoms with Gasteiger partial charge in [-0.2, -0.15) is 0 Å². The fourth-order valence-electron chi connectivity index (χ4n) is 7.20. The number of ether oxygens (including phenoxy) is 1. The van der Waals surface area contributed by atoms with E-state index in [0.717, 1.165) is 125 Å². The summed E-state index contributed by atoms with van der Waals surface area (Å²) in [5.41, 5.74) is 3.50. The zero-order chi connectivity index (χ0) is 40.8. The molecule has 4 saturated carbocycles. The molecule has 2 aromatic heterocycles. The van der Waals surface area contributed by atoms with Crippen LogP contribution in [0.2, 0.25) is 0 Å². The molecule has 2 heterocycles. The first-order valence-corrected chi connectivity index (χ1v) is 20.1. The van der Waals surface area contributed by atoms with Crippen LogP contribution in [0, 0.1) is 23.7 Å². The maximum Gasteiger partial charge on any atom is 0.309 e. The standard InChI is InChI=1S/C16H17NO3.C10H9NO2.3C6H10O2.2Fe/c18-16(13-8-4-5-9-13)19-11-14-10-15(17-20-14)12-6-2-1-3-7-12;12-7-9-6-10(11-13-9)8-4-2-1-3-5-8;3*7-6(8)5-3-1-2-4-5;;/h1-3,6-7,10,13H,4-5,8-9,11H2;1-6,12H,7H2;3*5H,1-4H2,(H,7,8);;. The molecule has 0 unspecified atom stereocenters. The molecule has 8 rings (SSSR count). The van der Waals surface area contributed by atoms with Crippen LogP contribution in [0.15, 0.2) is 81.8 Å². The van der Waals surface area contributed by atoms with Gasteiger partial charge >= 0.3 is 23.9 Å². The van der Waals surface area contributed by atoms with Crippen LogP contribution in [-0.2, 0) is 71.3 Å². The van der Waals surface area contributed by atoms with Crippen molar-refractivity contribution in [3.8, 4) is 22.5 Å². The first-order chi connectivity index (χ1) is 27.6. The number of aliphatic hydroxyl groups excluding tert-OH is 1. The molecule has 4 N–H and O–H groups in total. The average Bonchev–Trinajstić information content (AvgIpc) is 4.08. The number of esters is 1. The number of aliphatic hydroxyl groups is 1. The molecule has 0 radical (unpaired) electrons. The molecule has 0 atom stereocenters. The molecular weight excluding hydrogens is 844 g/mol. The zero-order valence-corrected chi connectivity index (χ0v) is 35.4. The van der Waals surface area contributed by atoms with Crippen LogP contribution >= 0.6 is 0 Å². The first-order valence-electron chi connectivity index (χ1n) is 20.1. The summed E-state index contributed by atoms with van der Waals surface area (Å²) in [6.07, 6.45) is 16.2. The third kappa shape index (κ3) is 18.3. The summed E-state index contributed by atoms with van der Waals surface area (Å²) in [5, 5.41) is 41.8. The third-order valence-corrected chi connectivity index (χ3v) is 10.6. The average molecular weight is 901 g/mol. The fraction of sp³-hybridized carbons (Fsp3) is 0.500. The van der Waals surface area contributed by atoms with E-state index in [4.69, 9.17) is 34.2 Å². The minimum Gasteiger partial charge on any atom is -0.481 e. The van der Waals surface area contributed by atoms with E-state index in [1.807, 2.05) is 66.7 Å². The van der Waals surface area contributed by atoms with Gasteiger partial charge < -0.3 is 34.2 Å². The van der Waals surface area contributed by atoms with Gasteiger partial charge in [-0.25, -0.2) is 0 Å². The summed E-state index contributed by atoms with van der Waals surface area (Å²) < 4.78 is 15.4. The number of aliphatic carboxylic acids is 3. The number of hydrogen-bond donors (Lipinski definition) is 4. The minimum atomic E-state index is -0.609. The van der Waals surface area contributed by atoms with Crippen molar-refractivity contribution >= 4 is 23.9 Å². The maximum absolute atomic E-state index is 11.8. The second kappa shape index (κ2) is 28.2. The number of carboxylic acids is 3. The molecule has 15 heteroatoms. The molecule has 0 spiro atoms. The van der Waals surface area contributed by atoms with E-state index in [1.165, 1.54) is 0 Å². The third-order valence-electron chi connectivity index (χ3n) is 10.6. The Bertz CT molecular complexity index is 1720. The van der Waals surface area contributed by atoms with Gasteiger partial charge in [-0.1, -0.05) is 122 Å². The summed E-state index contributed by atoms with van der Waals surface area (Å²) in [6, 6.07) is 23.0. The number of rotatable bonds is 9. The van der Waals surface area contributed by atoms with Gasteiger partial charge in [0, 0.05) is 57.4 Å². The van der Waals surface area contributed by atoms with Gasteiger partial charge in [0.05, 0.1) is 23.7 Å². The van der Waals surface area contributed by atoms with Crippen LogP contribution in [0.25, 0.3) is 22.5 Å². The number of aromatic nitrogens is 2. The van der Waals surface area contributed by atoms with E-state index in [0.29, 0.717) is 11.5 Å². The van der Waals surface area contributed by atoms with Crippen LogP contribution in [0.4, 0.5) is 0 Å². The van der Waals surface area contributed by atoms with E-state index in [-0.39, 0.29) is 77.0 Å². The van der Waals surface area contributed by atoms with Gasteiger partial charge in [-0.15, -0.1) is 0 Å². The molecule has 324 valence electrons. The zero-order valence-electron chi connectivity index (χ0n) is 33.2. The molecule has 4 aliphatic carbocycles. The van der Waals surface area contributed by atoms with E-state index in [2.05, 4.69) is 10.3 Å². The Hall–Kier alpha value is -4.26. The molecule has 4 aromatic rings. The van der Waals surface area contributed by atoms with Crippen molar-refractivity contribution in [2.24, 2.45) is 23.7 Å². The second-order valence-electron chi connectivity index (χ2n) is 14.8. The van der Waals surface area contributed by atoms with Crippen molar-refractivity contribution in [2.75, 3.05) is 0 Å². The van der Waals surface area contributed by atoms with Gasteiger partial charge in [0.2, 0.25) is 0 Å². The Morgan fingerprint density at radius 1 is 0.525 bits per heavy atom. The second-order valence-corrected chi connectivity index (χ2v) is 14.8. The van der Waals surface area contributed by atoms with Crippen LogP contribution < -0.4 is 0 Å². The summed E-state index contributed by atoms with van der Waals surface area (Å²) in [5.74, 6) is -0.853. The van der Waals surface area contributed by atoms with Gasteiger partial charge in [0.25, 0.3) is 0 Å². The maximum atomic E-state index is 11.8. The molecule has 59 heavy (non-hydrogen) atoms. The number of carbonyl (C=O) groups is 4. The molecule has 13 nitrogen and oxygen atoms in total. The molecule has 0 bridgehead atoms. The summed E-state index contributed by atoms with van der Waals surface area (Å²) >= 11 is 0. The van der Waals surface area contributed by atoms with Crippen molar-refractivity contribution in [1.82, 2.24) is 10.3 Å². The van der Waals surface area contributed by atoms with Gasteiger partial charge in [0.15, 0.2) is 18.1 Å². The minimum absolute atomic E-state index is 0. The van der Waals surface area contributed by atoms with E-state index in [9.17, 15) is 19.2 Å². The molecule has 4 fully saturated rings. The van der Waals surface area contributed by atoms with Gasteiger partial charge in [0.1, 0.15) is 18.0 Å². The Labute approximate surface area is 366 Å². The normalized spacial score (nSPS) is 16.2. The predicted molar refractivity (Wildman–Crippen MR) is 210 cm³/mol. The number of hydrogen-bond acceptors (Lipinski definition) is 10. The van der Waals surface area contributed by atoms with Crippen molar-refractivity contribution in [1.29, 1.82) is 0 Å². The summed E-state index contributed by atoms with van der Waals surface area (Å²) in [4.78, 5) is 42.4.